The molecule has 1 aromatic rings. The molecule has 0 fully saturated rings. The second-order valence-electron chi connectivity index (χ2n) is 5.90. The third-order valence-electron chi connectivity index (χ3n) is 3.98. The molecule has 0 bridgehead atoms. The van der Waals surface area contributed by atoms with Crippen molar-refractivity contribution >= 4 is 0 Å². The van der Waals surface area contributed by atoms with Crippen LogP contribution in [-0.4, -0.2) is 19.3 Å². The second kappa shape index (κ2) is 6.98. The van der Waals surface area contributed by atoms with E-state index in [1.807, 2.05) is 6.07 Å². The number of ether oxygens (including phenoxy) is 2. The van der Waals surface area contributed by atoms with E-state index in [9.17, 15) is 0 Å². The van der Waals surface area contributed by atoms with Crippen molar-refractivity contribution in [1.82, 2.24) is 5.32 Å². The molecule has 1 N–H and O–H groups in total. The zero-order chi connectivity index (χ0) is 14.5. The maximum atomic E-state index is 5.77. The molecule has 1 aliphatic rings. The topological polar surface area (TPSA) is 30.5 Å². The van der Waals surface area contributed by atoms with Crippen molar-refractivity contribution in [2.45, 2.75) is 52.6 Å². The number of hydrogen-bond acceptors (Lipinski definition) is 3. The lowest BCUT2D eigenvalue weighted by atomic mass is 9.99. The summed E-state index contributed by atoms with van der Waals surface area (Å²) >= 11 is 0. The first-order valence-corrected chi connectivity index (χ1v) is 7.77. The second-order valence-corrected chi connectivity index (χ2v) is 5.90. The van der Waals surface area contributed by atoms with Gasteiger partial charge in [-0.3, -0.25) is 0 Å². The average Bonchev–Trinajstić information content (AvgIpc) is 2.68. The van der Waals surface area contributed by atoms with E-state index >= 15 is 0 Å². The lowest BCUT2D eigenvalue weighted by Gasteiger charge is -2.26. The predicted octanol–water partition coefficient (Wildman–Crippen LogP) is 3.93. The molecular weight excluding hydrogens is 250 g/mol. The van der Waals surface area contributed by atoms with Crippen molar-refractivity contribution in [2.75, 3.05) is 13.2 Å². The molecule has 1 heterocycles. The number of rotatable bonds is 5. The van der Waals surface area contributed by atoms with Crippen molar-refractivity contribution in [2.24, 2.45) is 5.92 Å². The van der Waals surface area contributed by atoms with Crippen LogP contribution in [0.3, 0.4) is 0 Å². The van der Waals surface area contributed by atoms with Crippen LogP contribution in [0.25, 0.3) is 0 Å². The Morgan fingerprint density at radius 3 is 2.45 bits per heavy atom. The van der Waals surface area contributed by atoms with Crippen LogP contribution in [0.15, 0.2) is 18.2 Å². The quantitative estimate of drug-likeness (QED) is 0.884. The fourth-order valence-electron chi connectivity index (χ4n) is 2.65. The summed E-state index contributed by atoms with van der Waals surface area (Å²) in [5.74, 6) is 2.39. The number of fused-ring (bicyclic) bond motifs is 1. The summed E-state index contributed by atoms with van der Waals surface area (Å²) in [6, 6.07) is 7.15. The summed E-state index contributed by atoms with van der Waals surface area (Å²) in [6.45, 7) is 10.5. The smallest absolute Gasteiger partial charge is 0.161 e. The summed E-state index contributed by atoms with van der Waals surface area (Å²) in [5.41, 5.74) is 1.26. The van der Waals surface area contributed by atoms with Gasteiger partial charge in [-0.05, 0) is 37.0 Å². The molecule has 2 rings (SSSR count). The summed E-state index contributed by atoms with van der Waals surface area (Å²) < 4.78 is 11.4. The minimum absolute atomic E-state index is 0.319. The maximum Gasteiger partial charge on any atom is 0.161 e. The van der Waals surface area contributed by atoms with E-state index in [1.165, 1.54) is 5.56 Å². The fourth-order valence-corrected chi connectivity index (χ4v) is 2.65. The van der Waals surface area contributed by atoms with Crippen LogP contribution < -0.4 is 14.8 Å². The summed E-state index contributed by atoms with van der Waals surface area (Å²) in [6.07, 6.45) is 2.09. The Labute approximate surface area is 122 Å². The molecule has 0 aromatic heterocycles. The van der Waals surface area contributed by atoms with Crippen LogP contribution in [0.4, 0.5) is 0 Å². The van der Waals surface area contributed by atoms with Crippen molar-refractivity contribution in [3.8, 4) is 11.5 Å². The molecule has 0 spiro atoms. The first kappa shape index (κ1) is 15.2. The molecule has 2 unspecified atom stereocenters. The Bertz CT molecular complexity index is 431. The number of nitrogens with one attached hydrogen (secondary N) is 1. The normalized spacial score (nSPS) is 17.6. The van der Waals surface area contributed by atoms with Crippen LogP contribution in [-0.2, 0) is 0 Å². The van der Waals surface area contributed by atoms with E-state index in [2.05, 4.69) is 45.1 Å². The molecule has 112 valence electrons. The first-order valence-electron chi connectivity index (χ1n) is 7.77. The van der Waals surface area contributed by atoms with Crippen LogP contribution in [0.2, 0.25) is 0 Å². The maximum absolute atomic E-state index is 5.77. The Kier molecular flexibility index (Phi) is 5.30. The molecule has 2 atom stereocenters. The zero-order valence-corrected chi connectivity index (χ0v) is 13.1. The molecule has 1 aliphatic heterocycles. The van der Waals surface area contributed by atoms with E-state index in [-0.39, 0.29) is 0 Å². The summed E-state index contributed by atoms with van der Waals surface area (Å²) in [7, 11) is 0. The molecule has 0 amide bonds. The molecule has 0 saturated carbocycles. The highest BCUT2D eigenvalue weighted by Crippen LogP contribution is 2.32. The lowest BCUT2D eigenvalue weighted by molar-refractivity contribution is 0.296. The van der Waals surface area contributed by atoms with Gasteiger partial charge in [0, 0.05) is 18.5 Å². The highest BCUT2D eigenvalue weighted by Gasteiger charge is 2.17. The van der Waals surface area contributed by atoms with Gasteiger partial charge in [0.1, 0.15) is 0 Å². The highest BCUT2D eigenvalue weighted by atomic mass is 16.5. The number of hydrogen-bond donors (Lipinski definition) is 1. The molecule has 3 nitrogen and oxygen atoms in total. The lowest BCUT2D eigenvalue weighted by Crippen LogP contribution is -2.35. The zero-order valence-electron chi connectivity index (χ0n) is 13.1. The van der Waals surface area contributed by atoms with Gasteiger partial charge in [-0.25, -0.2) is 0 Å². The van der Waals surface area contributed by atoms with Crippen molar-refractivity contribution in [3.63, 3.8) is 0 Å². The molecule has 3 heteroatoms. The van der Waals surface area contributed by atoms with Crippen molar-refractivity contribution in [1.29, 1.82) is 0 Å². The van der Waals surface area contributed by atoms with Gasteiger partial charge in [-0.1, -0.05) is 26.8 Å². The third-order valence-corrected chi connectivity index (χ3v) is 3.98. The summed E-state index contributed by atoms with van der Waals surface area (Å²) in [5, 5.41) is 3.71. The molecular formula is C17H27NO2. The van der Waals surface area contributed by atoms with Crippen LogP contribution >= 0.6 is 0 Å². The Hall–Kier alpha value is -1.22. The van der Waals surface area contributed by atoms with E-state index in [4.69, 9.17) is 9.47 Å². The van der Waals surface area contributed by atoms with E-state index in [0.29, 0.717) is 18.0 Å². The van der Waals surface area contributed by atoms with Gasteiger partial charge in [0.15, 0.2) is 11.5 Å². The minimum Gasteiger partial charge on any atom is -0.490 e. The minimum atomic E-state index is 0.319. The highest BCUT2D eigenvalue weighted by molar-refractivity contribution is 5.44. The summed E-state index contributed by atoms with van der Waals surface area (Å²) in [4.78, 5) is 0. The molecule has 20 heavy (non-hydrogen) atoms. The van der Waals surface area contributed by atoms with Crippen molar-refractivity contribution < 1.29 is 9.47 Å². The Morgan fingerprint density at radius 1 is 1.10 bits per heavy atom. The van der Waals surface area contributed by atoms with Crippen molar-refractivity contribution in [3.05, 3.63) is 23.8 Å². The first-order chi connectivity index (χ1) is 9.61. The predicted molar refractivity (Wildman–Crippen MR) is 82.5 cm³/mol. The Balaban J connectivity index is 2.10. The van der Waals surface area contributed by atoms with Crippen LogP contribution in [0.5, 0.6) is 11.5 Å². The fraction of sp³-hybridized carbons (Fsp3) is 0.647. The third kappa shape index (κ3) is 3.66. The molecule has 0 aliphatic carbocycles. The van der Waals surface area contributed by atoms with Gasteiger partial charge in [-0.15, -0.1) is 0 Å². The van der Waals surface area contributed by atoms with E-state index in [0.717, 1.165) is 37.6 Å². The van der Waals surface area contributed by atoms with Gasteiger partial charge < -0.3 is 14.8 Å². The average molecular weight is 277 g/mol. The monoisotopic (exact) mass is 277 g/mol. The Morgan fingerprint density at radius 2 is 1.80 bits per heavy atom. The molecule has 0 saturated heterocycles. The van der Waals surface area contributed by atoms with Crippen LogP contribution in [0.1, 0.15) is 52.1 Å². The standard InChI is InChI=1S/C17H27NO2/c1-5-15(12(2)3)18-13(4)14-7-8-16-17(11-14)20-10-6-9-19-16/h7-8,11-13,15,18H,5-6,9-10H2,1-4H3. The van der Waals surface area contributed by atoms with Crippen LogP contribution in [0, 0.1) is 5.92 Å². The van der Waals surface area contributed by atoms with Gasteiger partial charge in [-0.2, -0.15) is 0 Å². The van der Waals surface area contributed by atoms with Gasteiger partial charge in [0.25, 0.3) is 0 Å². The van der Waals surface area contributed by atoms with Gasteiger partial charge in [0.2, 0.25) is 0 Å². The van der Waals surface area contributed by atoms with E-state index < -0.39 is 0 Å². The molecule has 1 aromatic carbocycles. The number of benzene rings is 1. The van der Waals surface area contributed by atoms with Gasteiger partial charge >= 0.3 is 0 Å². The van der Waals surface area contributed by atoms with E-state index in [1.54, 1.807) is 0 Å². The largest absolute Gasteiger partial charge is 0.490 e. The molecule has 0 radical (unpaired) electrons. The SMILES string of the molecule is CCC(NC(C)c1ccc2c(c1)OCCCO2)C(C)C. The van der Waals surface area contributed by atoms with Gasteiger partial charge in [0.05, 0.1) is 13.2 Å².